The molecule has 1 aromatic heterocycles. The summed E-state index contributed by atoms with van der Waals surface area (Å²) in [5.74, 6) is 0. The van der Waals surface area contributed by atoms with Crippen LogP contribution in [0.15, 0.2) is 83.4 Å². The van der Waals surface area contributed by atoms with Crippen LogP contribution in [0.4, 0.5) is 0 Å². The first-order valence-corrected chi connectivity index (χ1v) is 8.51. The molecule has 3 nitrogen and oxygen atoms in total. The van der Waals surface area contributed by atoms with Crippen molar-refractivity contribution in [1.29, 1.82) is 0 Å². The van der Waals surface area contributed by atoms with Crippen molar-refractivity contribution in [2.24, 2.45) is 0 Å². The monoisotopic (exact) mass is 364 g/mol. The summed E-state index contributed by atoms with van der Waals surface area (Å²) in [6, 6.07) is 27.2. The van der Waals surface area contributed by atoms with E-state index in [1.54, 1.807) is 0 Å². The summed E-state index contributed by atoms with van der Waals surface area (Å²) in [7, 11) is 2.01. The third kappa shape index (κ3) is 3.50. The van der Waals surface area contributed by atoms with Gasteiger partial charge in [-0.25, -0.2) is 0 Å². The van der Waals surface area contributed by atoms with Crippen LogP contribution < -0.4 is 5.32 Å². The zero-order chi connectivity index (χ0) is 17.1. The molecule has 0 aliphatic rings. The van der Waals surface area contributed by atoms with Gasteiger partial charge in [0.2, 0.25) is 0 Å². The highest BCUT2D eigenvalue weighted by Gasteiger charge is 2.18. The summed E-state index contributed by atoms with van der Waals surface area (Å²) in [6.07, 6.45) is 0.921. The Labute approximate surface area is 159 Å². The summed E-state index contributed by atoms with van der Waals surface area (Å²) in [5.41, 5.74) is 5.37. The Morgan fingerprint density at radius 2 is 1.58 bits per heavy atom. The molecule has 3 aromatic carbocycles. The van der Waals surface area contributed by atoms with Crippen LogP contribution >= 0.6 is 12.4 Å². The second-order valence-corrected chi connectivity index (χ2v) is 6.15. The molecule has 1 N–H and O–H groups in total. The van der Waals surface area contributed by atoms with Crippen LogP contribution in [0.1, 0.15) is 17.2 Å². The van der Waals surface area contributed by atoms with Gasteiger partial charge in [0.05, 0.1) is 0 Å². The summed E-state index contributed by atoms with van der Waals surface area (Å²) < 4.78 is 5.52. The highest BCUT2D eigenvalue weighted by molar-refractivity contribution is 5.92. The number of likely N-dealkylation sites (N-methyl/N-ethyl adjacent to an activating group) is 1. The molecule has 4 heteroatoms. The number of aromatic nitrogens is 1. The second-order valence-electron chi connectivity index (χ2n) is 6.15. The Hall–Kier alpha value is -2.62. The van der Waals surface area contributed by atoms with Gasteiger partial charge in [-0.05, 0) is 36.7 Å². The van der Waals surface area contributed by atoms with Gasteiger partial charge >= 0.3 is 0 Å². The van der Waals surface area contributed by atoms with Gasteiger partial charge in [-0.15, -0.1) is 12.4 Å². The zero-order valence-corrected chi connectivity index (χ0v) is 15.4. The Kier molecular flexibility index (Phi) is 5.71. The number of nitrogens with zero attached hydrogens (tertiary/aromatic N) is 1. The van der Waals surface area contributed by atoms with E-state index in [9.17, 15) is 0 Å². The molecule has 0 saturated carbocycles. The van der Waals surface area contributed by atoms with Gasteiger partial charge in [-0.3, -0.25) is 0 Å². The van der Waals surface area contributed by atoms with Gasteiger partial charge in [0, 0.05) is 17.0 Å². The number of halogens is 1. The summed E-state index contributed by atoms with van der Waals surface area (Å²) in [4.78, 5) is 0. The van der Waals surface area contributed by atoms with Crippen LogP contribution in [-0.4, -0.2) is 12.2 Å². The van der Waals surface area contributed by atoms with E-state index in [0.717, 1.165) is 28.6 Å². The first-order valence-electron chi connectivity index (χ1n) is 8.51. The van der Waals surface area contributed by atoms with Gasteiger partial charge in [0.25, 0.3) is 0 Å². The van der Waals surface area contributed by atoms with E-state index >= 15 is 0 Å². The third-order valence-corrected chi connectivity index (χ3v) is 4.60. The van der Waals surface area contributed by atoms with Crippen LogP contribution in [0.25, 0.3) is 22.2 Å². The highest BCUT2D eigenvalue weighted by Crippen LogP contribution is 2.33. The molecule has 0 radical (unpaired) electrons. The minimum Gasteiger partial charge on any atom is -0.356 e. The minimum atomic E-state index is 0. The lowest BCUT2D eigenvalue weighted by Gasteiger charge is -2.19. The molecular weight excluding hydrogens is 344 g/mol. The van der Waals surface area contributed by atoms with Crippen molar-refractivity contribution < 1.29 is 4.52 Å². The summed E-state index contributed by atoms with van der Waals surface area (Å²) >= 11 is 0. The zero-order valence-electron chi connectivity index (χ0n) is 14.6. The lowest BCUT2D eigenvalue weighted by Crippen LogP contribution is -2.19. The Balaban J connectivity index is 0.00000196. The van der Waals surface area contributed by atoms with E-state index in [2.05, 4.69) is 65.1 Å². The lowest BCUT2D eigenvalue weighted by atomic mass is 9.92. The third-order valence-electron chi connectivity index (χ3n) is 4.60. The number of nitrogens with one attached hydrogen (secondary N) is 1. The average Bonchev–Trinajstić information content (AvgIpc) is 3.11. The van der Waals surface area contributed by atoms with Crippen molar-refractivity contribution >= 4 is 23.4 Å². The maximum atomic E-state index is 5.52. The lowest BCUT2D eigenvalue weighted by molar-refractivity contribution is 0.459. The van der Waals surface area contributed by atoms with Gasteiger partial charge in [0.15, 0.2) is 5.58 Å². The van der Waals surface area contributed by atoms with Gasteiger partial charge in [0.1, 0.15) is 5.69 Å². The standard InChI is InChI=1S/C22H20N2O.ClH/c1-23-20(15-16-9-3-2-4-10-16)17-11-5-6-12-18(17)22-19-13-7-8-14-21(19)25-24-22;/h2-14,20,23H,15H2,1H3;1H. The molecule has 0 aliphatic carbocycles. The van der Waals surface area contributed by atoms with Crippen LogP contribution in [0.5, 0.6) is 0 Å². The molecule has 4 aromatic rings. The molecule has 1 unspecified atom stereocenters. The van der Waals surface area contributed by atoms with E-state index < -0.39 is 0 Å². The van der Waals surface area contributed by atoms with Gasteiger partial charge in [-0.1, -0.05) is 71.9 Å². The van der Waals surface area contributed by atoms with E-state index in [4.69, 9.17) is 4.52 Å². The molecule has 0 bridgehead atoms. The molecule has 0 fully saturated rings. The largest absolute Gasteiger partial charge is 0.356 e. The molecule has 0 saturated heterocycles. The Bertz CT molecular complexity index is 982. The fourth-order valence-electron chi connectivity index (χ4n) is 3.31. The van der Waals surface area contributed by atoms with Crippen molar-refractivity contribution in [1.82, 2.24) is 10.5 Å². The minimum absolute atomic E-state index is 0. The molecule has 132 valence electrons. The average molecular weight is 365 g/mol. The van der Waals surface area contributed by atoms with Gasteiger partial charge in [-0.2, -0.15) is 0 Å². The van der Waals surface area contributed by atoms with Crippen LogP contribution in [0.3, 0.4) is 0 Å². The molecule has 26 heavy (non-hydrogen) atoms. The van der Waals surface area contributed by atoms with Crippen molar-refractivity contribution in [2.45, 2.75) is 12.5 Å². The van der Waals surface area contributed by atoms with E-state index in [-0.39, 0.29) is 18.4 Å². The SMILES string of the molecule is CNC(Cc1ccccc1)c1ccccc1-c1noc2ccccc12.Cl. The second kappa shape index (κ2) is 8.17. The fourth-order valence-corrected chi connectivity index (χ4v) is 3.31. The molecule has 0 aliphatic heterocycles. The first kappa shape index (κ1) is 18.2. The maximum absolute atomic E-state index is 5.52. The number of fused-ring (bicyclic) bond motifs is 1. The number of rotatable bonds is 5. The van der Waals surface area contributed by atoms with Crippen molar-refractivity contribution in [3.63, 3.8) is 0 Å². The highest BCUT2D eigenvalue weighted by atomic mass is 35.5. The van der Waals surface area contributed by atoms with Crippen molar-refractivity contribution in [3.8, 4) is 11.3 Å². The normalized spacial score (nSPS) is 11.9. The van der Waals surface area contributed by atoms with Crippen molar-refractivity contribution in [3.05, 3.63) is 90.0 Å². The molecule has 0 amide bonds. The van der Waals surface area contributed by atoms with Gasteiger partial charge < -0.3 is 9.84 Å². The van der Waals surface area contributed by atoms with E-state index in [0.29, 0.717) is 0 Å². The number of benzene rings is 3. The molecule has 4 rings (SSSR count). The first-order chi connectivity index (χ1) is 12.4. The molecular formula is C22H21ClN2O. The van der Waals surface area contributed by atoms with Crippen LogP contribution in [0.2, 0.25) is 0 Å². The molecule has 0 spiro atoms. The maximum Gasteiger partial charge on any atom is 0.167 e. The Morgan fingerprint density at radius 1 is 0.885 bits per heavy atom. The van der Waals surface area contributed by atoms with E-state index in [1.165, 1.54) is 11.1 Å². The van der Waals surface area contributed by atoms with Crippen molar-refractivity contribution in [2.75, 3.05) is 7.05 Å². The predicted molar refractivity (Wildman–Crippen MR) is 109 cm³/mol. The smallest absolute Gasteiger partial charge is 0.167 e. The topological polar surface area (TPSA) is 38.1 Å². The Morgan fingerprint density at radius 3 is 2.38 bits per heavy atom. The summed E-state index contributed by atoms with van der Waals surface area (Å²) in [6.45, 7) is 0. The molecule has 1 atom stereocenters. The van der Waals surface area contributed by atoms with Crippen LogP contribution in [0, 0.1) is 0 Å². The molecule has 1 heterocycles. The number of para-hydroxylation sites is 1. The van der Waals surface area contributed by atoms with Crippen LogP contribution in [-0.2, 0) is 6.42 Å². The van der Waals surface area contributed by atoms with E-state index in [1.807, 2.05) is 31.3 Å². The fraction of sp³-hybridized carbons (Fsp3) is 0.136. The quantitative estimate of drug-likeness (QED) is 0.513. The number of hydrogen-bond donors (Lipinski definition) is 1. The number of hydrogen-bond acceptors (Lipinski definition) is 3. The summed E-state index contributed by atoms with van der Waals surface area (Å²) in [5, 5.41) is 8.85. The predicted octanol–water partition coefficient (Wildman–Crippen LogP) is 5.42.